The van der Waals surface area contributed by atoms with Crippen LogP contribution in [0.1, 0.15) is 76.7 Å². The molecule has 0 aliphatic heterocycles. The van der Waals surface area contributed by atoms with E-state index < -0.39 is 18.0 Å². The van der Waals surface area contributed by atoms with E-state index in [1.807, 2.05) is 6.92 Å². The number of Topliss-reactive ketones (excluding diaryl/α,β-unsaturated/α-hetero) is 1. The van der Waals surface area contributed by atoms with Gasteiger partial charge >= 0.3 is 12.1 Å². The van der Waals surface area contributed by atoms with E-state index in [0.29, 0.717) is 50.0 Å². The molecule has 0 aromatic heterocycles. The first-order valence-corrected chi connectivity index (χ1v) is 15.6. The maximum absolute atomic E-state index is 13.3. The first-order valence-electron chi connectivity index (χ1n) is 15.2. The van der Waals surface area contributed by atoms with Crippen molar-refractivity contribution in [1.82, 2.24) is 4.90 Å². The number of ketones is 1. The molecule has 11 heteroatoms. The van der Waals surface area contributed by atoms with Gasteiger partial charge in [0.05, 0.1) is 38.6 Å². The van der Waals surface area contributed by atoms with Crippen LogP contribution in [-0.4, -0.2) is 81.5 Å². The zero-order valence-corrected chi connectivity index (χ0v) is 26.6. The monoisotopic (exact) mass is 622 g/mol. The number of likely N-dealkylation sites (N-methyl/N-ethyl adjacent to an activating group) is 1. The highest BCUT2D eigenvalue weighted by molar-refractivity contribution is 6.41. The van der Waals surface area contributed by atoms with Gasteiger partial charge in [-0.25, -0.2) is 4.79 Å². The molecule has 10 nitrogen and oxygen atoms in total. The summed E-state index contributed by atoms with van der Waals surface area (Å²) < 4.78 is 21.0. The summed E-state index contributed by atoms with van der Waals surface area (Å²) in [6.07, 6.45) is 5.39. The number of nitrogens with zero attached hydrogens (tertiary/aromatic N) is 2. The van der Waals surface area contributed by atoms with E-state index in [4.69, 9.17) is 30.5 Å². The fourth-order valence-corrected chi connectivity index (χ4v) is 5.19. The number of esters is 1. The minimum Gasteiger partial charge on any atom is -0.469 e. The highest BCUT2D eigenvalue weighted by atomic mass is 35.5. The molecule has 1 aromatic rings. The number of ether oxygens (including phenoxy) is 4. The van der Waals surface area contributed by atoms with Crippen LogP contribution >= 0.6 is 11.6 Å². The first-order chi connectivity index (χ1) is 20.7. The summed E-state index contributed by atoms with van der Waals surface area (Å²) in [5.41, 5.74) is 0.887. The second-order valence-corrected chi connectivity index (χ2v) is 11.2. The molecule has 1 saturated carbocycles. The zero-order valence-electron chi connectivity index (χ0n) is 25.8. The Bertz CT molecular complexity index is 1060. The molecule has 1 aromatic carbocycles. The first kappa shape index (κ1) is 36.4. The Hall–Kier alpha value is -2.82. The van der Waals surface area contributed by atoms with E-state index in [-0.39, 0.29) is 55.6 Å². The molecule has 0 radical (unpaired) electrons. The number of carbonyl (C=O) groups is 4. The van der Waals surface area contributed by atoms with Crippen molar-refractivity contribution in [1.29, 1.82) is 0 Å². The number of halogens is 1. The summed E-state index contributed by atoms with van der Waals surface area (Å²) >= 11 is 6.01. The fraction of sp³-hybridized carbons (Fsp3) is 0.656. The van der Waals surface area contributed by atoms with Crippen LogP contribution in [0.4, 0.5) is 4.79 Å². The van der Waals surface area contributed by atoms with Gasteiger partial charge in [0.15, 0.2) is 5.78 Å². The van der Waals surface area contributed by atoms with E-state index >= 15 is 0 Å². The van der Waals surface area contributed by atoms with Crippen LogP contribution in [0.25, 0.3) is 0 Å². The van der Waals surface area contributed by atoms with Gasteiger partial charge in [0.2, 0.25) is 5.91 Å². The molecule has 0 heterocycles. The molecule has 1 aliphatic rings. The van der Waals surface area contributed by atoms with Gasteiger partial charge in [-0.1, -0.05) is 55.8 Å². The molecule has 1 aliphatic carbocycles. The summed E-state index contributed by atoms with van der Waals surface area (Å²) in [6, 6.07) is 6.96. The van der Waals surface area contributed by atoms with Gasteiger partial charge in [0.1, 0.15) is 6.61 Å². The molecule has 0 N–H and O–H groups in total. The van der Waals surface area contributed by atoms with Crippen molar-refractivity contribution in [2.45, 2.75) is 77.7 Å². The smallest absolute Gasteiger partial charge is 0.434 e. The average Bonchev–Trinajstić information content (AvgIpc) is 3.01. The number of rotatable bonds is 19. The Morgan fingerprint density at radius 3 is 2.44 bits per heavy atom. The van der Waals surface area contributed by atoms with Gasteiger partial charge in [-0.15, -0.1) is 0 Å². The number of hydrogen-bond donors (Lipinski definition) is 0. The number of amides is 2. The average molecular weight is 623 g/mol. The summed E-state index contributed by atoms with van der Waals surface area (Å²) in [5, 5.41) is 0.529. The minimum atomic E-state index is -0.834. The van der Waals surface area contributed by atoms with E-state index in [9.17, 15) is 19.2 Å². The lowest BCUT2D eigenvalue weighted by Crippen LogP contribution is -2.31. The molecular formula is C32H47ClN2O8. The van der Waals surface area contributed by atoms with Gasteiger partial charge in [0, 0.05) is 38.1 Å². The molecule has 2 amide bonds. The molecule has 2 rings (SSSR count). The molecule has 1 fully saturated rings. The number of methoxy groups -OCH3 is 1. The van der Waals surface area contributed by atoms with Crippen molar-refractivity contribution < 1.29 is 38.1 Å². The van der Waals surface area contributed by atoms with Gasteiger partial charge in [-0.2, -0.15) is 4.99 Å². The largest absolute Gasteiger partial charge is 0.469 e. The topological polar surface area (TPSA) is 121 Å². The molecule has 240 valence electrons. The molecule has 0 bridgehead atoms. The molecule has 1 atom stereocenters. The Balaban J connectivity index is 1.95. The Morgan fingerprint density at radius 1 is 1.02 bits per heavy atom. The number of carbonyl (C=O) groups excluding carboxylic acids is 4. The highest BCUT2D eigenvalue weighted by Crippen LogP contribution is 2.27. The van der Waals surface area contributed by atoms with E-state index in [1.54, 1.807) is 36.2 Å². The summed E-state index contributed by atoms with van der Waals surface area (Å²) in [4.78, 5) is 56.7. The second-order valence-electron chi connectivity index (χ2n) is 10.8. The van der Waals surface area contributed by atoms with Crippen LogP contribution in [0.15, 0.2) is 29.3 Å². The standard InChI is InChI=1S/C32H47ClN2O8/c1-4-41-19-20-42-18-17-35(2)30(37)16-14-26(31(38)40-3)13-15-29(36)28(22-24-9-6-5-7-10-24)34-32(39)43-23-25-11-8-12-27(33)21-25/h8,11-12,21,24,26H,4-7,9-10,13-20,22-23H2,1-3H3/t26-/m0/s1. The molecule has 0 unspecified atom stereocenters. The third kappa shape index (κ3) is 15.0. The van der Waals surface area contributed by atoms with Crippen molar-refractivity contribution in [2.24, 2.45) is 16.8 Å². The molecule has 0 spiro atoms. The van der Waals surface area contributed by atoms with Crippen LogP contribution < -0.4 is 0 Å². The fourth-order valence-electron chi connectivity index (χ4n) is 4.98. The van der Waals surface area contributed by atoms with Crippen LogP contribution in [0.5, 0.6) is 0 Å². The van der Waals surface area contributed by atoms with Gasteiger partial charge in [-0.3, -0.25) is 14.4 Å². The summed E-state index contributed by atoms with van der Waals surface area (Å²) in [6.45, 7) is 4.29. The number of aliphatic imine (C=N–C) groups is 1. The van der Waals surface area contributed by atoms with Crippen molar-refractivity contribution in [3.05, 3.63) is 34.9 Å². The van der Waals surface area contributed by atoms with Crippen LogP contribution in [0.2, 0.25) is 5.02 Å². The predicted octanol–water partition coefficient (Wildman–Crippen LogP) is 5.82. The second kappa shape index (κ2) is 21.0. The van der Waals surface area contributed by atoms with E-state index in [2.05, 4.69) is 4.99 Å². The number of benzene rings is 1. The molecule has 0 saturated heterocycles. The molecule has 43 heavy (non-hydrogen) atoms. The van der Waals surface area contributed by atoms with E-state index in [1.165, 1.54) is 7.11 Å². The maximum Gasteiger partial charge on any atom is 0.434 e. The minimum absolute atomic E-state index is 0.00456. The lowest BCUT2D eigenvalue weighted by Gasteiger charge is -2.22. The van der Waals surface area contributed by atoms with Crippen molar-refractivity contribution in [3.8, 4) is 0 Å². The lowest BCUT2D eigenvalue weighted by atomic mass is 9.84. The molecular weight excluding hydrogens is 576 g/mol. The van der Waals surface area contributed by atoms with Crippen molar-refractivity contribution in [2.75, 3.05) is 47.1 Å². The maximum atomic E-state index is 13.3. The Kier molecular flexibility index (Phi) is 17.7. The van der Waals surface area contributed by atoms with Crippen LogP contribution in [0.3, 0.4) is 0 Å². The third-order valence-corrected chi connectivity index (χ3v) is 7.78. The van der Waals surface area contributed by atoms with Gasteiger partial charge in [-0.05, 0) is 49.8 Å². The predicted molar refractivity (Wildman–Crippen MR) is 164 cm³/mol. The zero-order chi connectivity index (χ0) is 31.5. The lowest BCUT2D eigenvalue weighted by molar-refractivity contribution is -0.146. The summed E-state index contributed by atoms with van der Waals surface area (Å²) in [7, 11) is 2.97. The summed E-state index contributed by atoms with van der Waals surface area (Å²) in [5.74, 6) is -1.28. The third-order valence-electron chi connectivity index (χ3n) is 7.54. The number of hydrogen-bond acceptors (Lipinski definition) is 8. The van der Waals surface area contributed by atoms with Gasteiger partial charge < -0.3 is 23.8 Å². The Morgan fingerprint density at radius 2 is 1.74 bits per heavy atom. The normalized spacial score (nSPS) is 14.7. The SMILES string of the molecule is CCOCCOCCN(C)C(=O)CC[C@H](CCC(=O)C(CC1CCCCC1)=NC(=O)OCc1cccc(Cl)c1)C(=O)OC. The van der Waals surface area contributed by atoms with Crippen LogP contribution in [0, 0.1) is 11.8 Å². The highest BCUT2D eigenvalue weighted by Gasteiger charge is 2.26. The Labute approximate surface area is 260 Å². The van der Waals surface area contributed by atoms with Gasteiger partial charge in [0.25, 0.3) is 0 Å². The van der Waals surface area contributed by atoms with Crippen molar-refractivity contribution in [3.63, 3.8) is 0 Å². The quantitative estimate of drug-likeness (QED) is 0.108. The van der Waals surface area contributed by atoms with Crippen LogP contribution in [-0.2, 0) is 39.9 Å². The van der Waals surface area contributed by atoms with Crippen molar-refractivity contribution >= 4 is 41.1 Å². The van der Waals surface area contributed by atoms with E-state index in [0.717, 1.165) is 32.1 Å².